The summed E-state index contributed by atoms with van der Waals surface area (Å²) in [4.78, 5) is 24.3. The molecule has 0 saturated carbocycles. The first-order chi connectivity index (χ1) is 9.11. The van der Waals surface area contributed by atoms with Gasteiger partial charge in [0, 0.05) is 6.54 Å². The highest BCUT2D eigenvalue weighted by molar-refractivity contribution is 5.83. The maximum absolute atomic E-state index is 12.3. The van der Waals surface area contributed by atoms with Gasteiger partial charge in [-0.2, -0.15) is 0 Å². The molecule has 0 fully saturated rings. The van der Waals surface area contributed by atoms with Crippen molar-refractivity contribution in [3.05, 3.63) is 29.8 Å². The Morgan fingerprint density at radius 2 is 2.16 bits per heavy atom. The van der Waals surface area contributed by atoms with Crippen molar-refractivity contribution in [3.63, 3.8) is 0 Å². The first-order valence-corrected chi connectivity index (χ1v) is 6.33. The molecule has 1 aromatic carbocycles. The Morgan fingerprint density at radius 3 is 2.84 bits per heavy atom. The summed E-state index contributed by atoms with van der Waals surface area (Å²) >= 11 is 0. The zero-order valence-electron chi connectivity index (χ0n) is 10.8. The molecule has 1 aromatic rings. The summed E-state index contributed by atoms with van der Waals surface area (Å²) in [6.45, 7) is 2.22. The van der Waals surface area contributed by atoms with Crippen LogP contribution in [0, 0.1) is 5.92 Å². The first-order valence-electron chi connectivity index (χ1n) is 6.33. The minimum Gasteiger partial charge on any atom is -0.492 e. The zero-order valence-corrected chi connectivity index (χ0v) is 10.8. The Bertz CT molecular complexity index is 486. The molecule has 0 aliphatic carbocycles. The predicted molar refractivity (Wildman–Crippen MR) is 69.0 cm³/mol. The molecule has 0 spiro atoms. The highest BCUT2D eigenvalue weighted by Crippen LogP contribution is 2.27. The molecule has 0 saturated heterocycles. The van der Waals surface area contributed by atoms with E-state index in [9.17, 15) is 9.59 Å². The summed E-state index contributed by atoms with van der Waals surface area (Å²) in [6.07, 6.45) is 0.602. The number of ether oxygens (including phenoxy) is 1. The molecular weight excluding hydrogens is 246 g/mol. The van der Waals surface area contributed by atoms with Crippen LogP contribution in [0.5, 0.6) is 5.75 Å². The van der Waals surface area contributed by atoms with Crippen molar-refractivity contribution in [1.82, 2.24) is 4.90 Å². The molecule has 1 heterocycles. The van der Waals surface area contributed by atoms with E-state index in [2.05, 4.69) is 0 Å². The molecule has 1 aliphatic heterocycles. The molecule has 19 heavy (non-hydrogen) atoms. The molecule has 0 radical (unpaired) electrons. The zero-order chi connectivity index (χ0) is 13.8. The lowest BCUT2D eigenvalue weighted by atomic mass is 9.95. The van der Waals surface area contributed by atoms with Crippen LogP contribution in [-0.4, -0.2) is 41.6 Å². The highest BCUT2D eigenvalue weighted by atomic mass is 16.5. The standard InChI is InChI=1S/C14H17NO4/c1-2-15(8-13(16)17)14(18)11-7-10-5-3-4-6-12(10)19-9-11/h3-6,11H,2,7-9H2,1H3,(H,16,17). The fraction of sp³-hybridized carbons (Fsp3) is 0.429. The van der Waals surface area contributed by atoms with Gasteiger partial charge >= 0.3 is 5.97 Å². The molecule has 0 bridgehead atoms. The second kappa shape index (κ2) is 5.73. The summed E-state index contributed by atoms with van der Waals surface area (Å²) in [5.74, 6) is -0.631. The van der Waals surface area contributed by atoms with Gasteiger partial charge < -0.3 is 14.7 Å². The van der Waals surface area contributed by atoms with Gasteiger partial charge in [0.2, 0.25) is 5.91 Å². The van der Waals surface area contributed by atoms with E-state index < -0.39 is 5.97 Å². The number of fused-ring (bicyclic) bond motifs is 1. The van der Waals surface area contributed by atoms with E-state index >= 15 is 0 Å². The van der Waals surface area contributed by atoms with Crippen LogP contribution < -0.4 is 4.74 Å². The molecule has 1 amide bonds. The van der Waals surface area contributed by atoms with E-state index in [1.165, 1.54) is 4.90 Å². The second-order valence-corrected chi connectivity index (χ2v) is 4.57. The lowest BCUT2D eigenvalue weighted by Crippen LogP contribution is -2.43. The molecule has 102 valence electrons. The van der Waals surface area contributed by atoms with E-state index in [0.717, 1.165) is 11.3 Å². The third-order valence-electron chi connectivity index (χ3n) is 3.25. The van der Waals surface area contributed by atoms with Crippen LogP contribution in [0.25, 0.3) is 0 Å². The highest BCUT2D eigenvalue weighted by Gasteiger charge is 2.29. The van der Waals surface area contributed by atoms with Gasteiger partial charge in [0.15, 0.2) is 0 Å². The van der Waals surface area contributed by atoms with Crippen LogP contribution in [-0.2, 0) is 16.0 Å². The third-order valence-corrected chi connectivity index (χ3v) is 3.25. The monoisotopic (exact) mass is 263 g/mol. The number of para-hydroxylation sites is 1. The van der Waals surface area contributed by atoms with Gasteiger partial charge in [0.1, 0.15) is 18.9 Å². The van der Waals surface area contributed by atoms with Crippen LogP contribution >= 0.6 is 0 Å². The van der Waals surface area contributed by atoms with Crippen LogP contribution in [0.3, 0.4) is 0 Å². The SMILES string of the molecule is CCN(CC(=O)O)C(=O)C1COc2ccccc2C1. The topological polar surface area (TPSA) is 66.8 Å². The van der Waals surface area contributed by atoms with Gasteiger partial charge in [-0.05, 0) is 25.0 Å². The number of nitrogens with zero attached hydrogens (tertiary/aromatic N) is 1. The number of hydrogen-bond acceptors (Lipinski definition) is 3. The van der Waals surface area contributed by atoms with Gasteiger partial charge in [0.25, 0.3) is 0 Å². The molecule has 5 nitrogen and oxygen atoms in total. The summed E-state index contributed by atoms with van der Waals surface area (Å²) in [7, 11) is 0. The van der Waals surface area contributed by atoms with Crippen molar-refractivity contribution < 1.29 is 19.4 Å². The second-order valence-electron chi connectivity index (χ2n) is 4.57. The van der Waals surface area contributed by atoms with Crippen molar-refractivity contribution in [2.24, 2.45) is 5.92 Å². The minimum atomic E-state index is -0.993. The van der Waals surface area contributed by atoms with E-state index in [1.807, 2.05) is 24.3 Å². The number of carboxylic acids is 1. The van der Waals surface area contributed by atoms with Crippen molar-refractivity contribution in [2.75, 3.05) is 19.7 Å². The lowest BCUT2D eigenvalue weighted by Gasteiger charge is -2.28. The number of aliphatic carboxylic acids is 1. The quantitative estimate of drug-likeness (QED) is 0.885. The number of carbonyl (C=O) groups excluding carboxylic acids is 1. The smallest absolute Gasteiger partial charge is 0.323 e. The van der Waals surface area contributed by atoms with Gasteiger partial charge in [-0.15, -0.1) is 0 Å². The molecule has 1 N–H and O–H groups in total. The Hall–Kier alpha value is -2.04. The van der Waals surface area contributed by atoms with Gasteiger partial charge in [-0.1, -0.05) is 18.2 Å². The largest absolute Gasteiger partial charge is 0.492 e. The number of benzene rings is 1. The number of rotatable bonds is 4. The Balaban J connectivity index is 2.07. The predicted octanol–water partition coefficient (Wildman–Crippen LogP) is 1.17. The van der Waals surface area contributed by atoms with E-state index in [1.54, 1.807) is 6.92 Å². The summed E-state index contributed by atoms with van der Waals surface area (Å²) < 4.78 is 5.56. The molecular formula is C14H17NO4. The molecule has 2 rings (SSSR count). The minimum absolute atomic E-state index is 0.153. The van der Waals surface area contributed by atoms with Crippen LogP contribution in [0.2, 0.25) is 0 Å². The van der Waals surface area contributed by atoms with E-state index in [4.69, 9.17) is 9.84 Å². The average molecular weight is 263 g/mol. The Labute approximate surface area is 111 Å². The Morgan fingerprint density at radius 1 is 1.42 bits per heavy atom. The summed E-state index contributed by atoms with van der Waals surface area (Å²) in [5.41, 5.74) is 0.999. The average Bonchev–Trinajstić information content (AvgIpc) is 2.43. The maximum Gasteiger partial charge on any atom is 0.323 e. The van der Waals surface area contributed by atoms with Crippen LogP contribution in [0.1, 0.15) is 12.5 Å². The molecule has 1 atom stereocenters. The number of carboxylic acid groups (broad SMARTS) is 1. The van der Waals surface area contributed by atoms with Crippen LogP contribution in [0.4, 0.5) is 0 Å². The number of likely N-dealkylation sites (N-methyl/N-ethyl adjacent to an activating group) is 1. The maximum atomic E-state index is 12.3. The van der Waals surface area contributed by atoms with Gasteiger partial charge in [-0.3, -0.25) is 9.59 Å². The number of amides is 1. The lowest BCUT2D eigenvalue weighted by molar-refractivity contribution is -0.146. The molecule has 1 unspecified atom stereocenters. The molecule has 0 aromatic heterocycles. The van der Waals surface area contributed by atoms with Gasteiger partial charge in [-0.25, -0.2) is 0 Å². The van der Waals surface area contributed by atoms with Crippen molar-refractivity contribution in [3.8, 4) is 5.75 Å². The Kier molecular flexibility index (Phi) is 4.04. The fourth-order valence-electron chi connectivity index (χ4n) is 2.25. The molecule has 5 heteroatoms. The van der Waals surface area contributed by atoms with Crippen molar-refractivity contribution in [1.29, 1.82) is 0 Å². The first kappa shape index (κ1) is 13.4. The van der Waals surface area contributed by atoms with E-state index in [0.29, 0.717) is 19.6 Å². The van der Waals surface area contributed by atoms with Crippen LogP contribution in [0.15, 0.2) is 24.3 Å². The van der Waals surface area contributed by atoms with Crippen molar-refractivity contribution in [2.45, 2.75) is 13.3 Å². The van der Waals surface area contributed by atoms with E-state index in [-0.39, 0.29) is 18.4 Å². The summed E-state index contributed by atoms with van der Waals surface area (Å²) in [6, 6.07) is 7.61. The fourth-order valence-corrected chi connectivity index (χ4v) is 2.25. The molecule has 1 aliphatic rings. The number of carbonyl (C=O) groups is 2. The van der Waals surface area contributed by atoms with Gasteiger partial charge in [0.05, 0.1) is 5.92 Å². The normalized spacial score (nSPS) is 17.2. The van der Waals surface area contributed by atoms with Crippen molar-refractivity contribution >= 4 is 11.9 Å². The summed E-state index contributed by atoms with van der Waals surface area (Å²) in [5, 5.41) is 8.79. The number of hydrogen-bond donors (Lipinski definition) is 1. The third kappa shape index (κ3) is 3.05.